The summed E-state index contributed by atoms with van der Waals surface area (Å²) in [5.74, 6) is 0. The molecule has 2 unspecified atom stereocenters. The van der Waals surface area contributed by atoms with E-state index in [1.165, 1.54) is 4.89 Å². The molecule has 0 aromatic carbocycles. The summed E-state index contributed by atoms with van der Waals surface area (Å²) >= 11 is 11.4. The first-order valence-corrected chi connectivity index (χ1v) is 5.84. The molecule has 0 amide bonds. The number of nitrogens with one attached hydrogen (secondary N) is 1. The zero-order chi connectivity index (χ0) is 9.35. The third-order valence-electron chi connectivity index (χ3n) is 1.92. The van der Waals surface area contributed by atoms with Gasteiger partial charge in [-0.1, -0.05) is 4.89 Å². The first-order valence-electron chi connectivity index (χ1n) is 3.42. The highest BCUT2D eigenvalue weighted by molar-refractivity contribution is 7.90. The van der Waals surface area contributed by atoms with Crippen LogP contribution in [0.4, 0.5) is 0 Å². The summed E-state index contributed by atoms with van der Waals surface area (Å²) in [6.45, 7) is 0. The van der Waals surface area contributed by atoms with Crippen LogP contribution in [-0.2, 0) is 10.0 Å². The average molecular weight is 234 g/mol. The summed E-state index contributed by atoms with van der Waals surface area (Å²) in [4.78, 5) is 1.25. The van der Waals surface area contributed by atoms with Gasteiger partial charge in [0.1, 0.15) is 5.25 Å². The van der Waals surface area contributed by atoms with Gasteiger partial charge < -0.3 is 5.21 Å². The van der Waals surface area contributed by atoms with E-state index < -0.39 is 26.0 Å². The maximum Gasteiger partial charge on any atom is 0.239 e. The van der Waals surface area contributed by atoms with Crippen molar-refractivity contribution in [3.05, 3.63) is 0 Å². The van der Waals surface area contributed by atoms with Crippen LogP contribution in [-0.4, -0.2) is 29.6 Å². The van der Waals surface area contributed by atoms with Crippen LogP contribution in [0.5, 0.6) is 0 Å². The second kappa shape index (κ2) is 3.67. The summed E-state index contributed by atoms with van der Waals surface area (Å²) in [6.07, 6.45) is 1.11. The van der Waals surface area contributed by atoms with Gasteiger partial charge in [0.2, 0.25) is 10.0 Å². The second-order valence-corrected chi connectivity index (χ2v) is 5.65. The van der Waals surface area contributed by atoms with E-state index in [0.717, 1.165) is 0 Å². The van der Waals surface area contributed by atoms with Crippen molar-refractivity contribution in [1.29, 1.82) is 0 Å². The number of rotatable bonds is 2. The lowest BCUT2D eigenvalue weighted by atomic mass is 10.4. The molecule has 12 heavy (non-hydrogen) atoms. The summed E-state index contributed by atoms with van der Waals surface area (Å²) in [5, 5.41) is 6.40. The highest BCUT2D eigenvalue weighted by Gasteiger charge is 2.42. The molecular weight excluding hydrogens is 225 g/mol. The smallest absolute Gasteiger partial charge is 0.239 e. The van der Waals surface area contributed by atoms with Gasteiger partial charge in [0.25, 0.3) is 0 Å². The molecule has 0 spiro atoms. The van der Waals surface area contributed by atoms with E-state index in [-0.39, 0.29) is 0 Å². The van der Waals surface area contributed by atoms with Crippen LogP contribution in [0.1, 0.15) is 12.8 Å². The standard InChI is InChI=1S/C5H9Cl2NO3S/c6-3-1-2-4(7)5(3)12(10,11)8-9/h3-5,8-9H,1-2H2. The van der Waals surface area contributed by atoms with E-state index in [1.807, 2.05) is 0 Å². The predicted molar refractivity (Wildman–Crippen MR) is 46.1 cm³/mol. The van der Waals surface area contributed by atoms with Crippen LogP contribution in [0.2, 0.25) is 0 Å². The van der Waals surface area contributed by atoms with Crippen LogP contribution in [0.15, 0.2) is 0 Å². The lowest BCUT2D eigenvalue weighted by Gasteiger charge is -2.15. The topological polar surface area (TPSA) is 66.4 Å². The first-order chi connectivity index (χ1) is 5.49. The van der Waals surface area contributed by atoms with Gasteiger partial charge in [0.15, 0.2) is 0 Å². The van der Waals surface area contributed by atoms with Crippen molar-refractivity contribution in [1.82, 2.24) is 4.89 Å². The minimum atomic E-state index is -3.75. The van der Waals surface area contributed by atoms with Gasteiger partial charge in [-0.15, -0.1) is 23.2 Å². The molecule has 0 aromatic heterocycles. The molecule has 1 aliphatic rings. The molecule has 0 heterocycles. The Balaban J connectivity index is 2.86. The normalized spacial score (nSPS) is 37.1. The second-order valence-electron chi connectivity index (χ2n) is 2.71. The summed E-state index contributed by atoms with van der Waals surface area (Å²) in [5.41, 5.74) is 0. The molecule has 2 N–H and O–H groups in total. The van der Waals surface area contributed by atoms with Gasteiger partial charge in [-0.3, -0.25) is 0 Å². The quantitative estimate of drug-likeness (QED) is 0.545. The van der Waals surface area contributed by atoms with Crippen molar-refractivity contribution >= 4 is 33.2 Å². The molecule has 0 bridgehead atoms. The van der Waals surface area contributed by atoms with Crippen LogP contribution in [0.3, 0.4) is 0 Å². The van der Waals surface area contributed by atoms with Gasteiger partial charge >= 0.3 is 0 Å². The average Bonchev–Trinajstić information content (AvgIpc) is 2.31. The maximum atomic E-state index is 11.1. The van der Waals surface area contributed by atoms with Crippen molar-refractivity contribution < 1.29 is 13.6 Å². The third-order valence-corrected chi connectivity index (χ3v) is 4.82. The zero-order valence-electron chi connectivity index (χ0n) is 6.07. The minimum absolute atomic E-state index is 0.517. The van der Waals surface area contributed by atoms with E-state index in [9.17, 15) is 8.42 Å². The Kier molecular flexibility index (Phi) is 3.22. The fourth-order valence-corrected chi connectivity index (χ4v) is 3.98. The largest absolute Gasteiger partial charge is 0.302 e. The van der Waals surface area contributed by atoms with E-state index in [0.29, 0.717) is 12.8 Å². The van der Waals surface area contributed by atoms with E-state index >= 15 is 0 Å². The van der Waals surface area contributed by atoms with Gasteiger partial charge in [-0.05, 0) is 12.8 Å². The number of halogens is 2. The number of hydrogen-bond donors (Lipinski definition) is 2. The van der Waals surface area contributed by atoms with Crippen molar-refractivity contribution in [3.63, 3.8) is 0 Å². The Labute approximate surface area is 80.9 Å². The lowest BCUT2D eigenvalue weighted by molar-refractivity contribution is 0.241. The molecule has 1 fully saturated rings. The molecule has 0 aromatic rings. The van der Waals surface area contributed by atoms with Crippen LogP contribution in [0.25, 0.3) is 0 Å². The monoisotopic (exact) mass is 233 g/mol. The molecular formula is C5H9Cl2NO3S. The molecule has 4 nitrogen and oxygen atoms in total. The third kappa shape index (κ3) is 1.85. The molecule has 2 atom stereocenters. The molecule has 1 rings (SSSR count). The number of hydrogen-bond acceptors (Lipinski definition) is 3. The van der Waals surface area contributed by atoms with Gasteiger partial charge in [-0.25, -0.2) is 8.42 Å². The lowest BCUT2D eigenvalue weighted by Crippen LogP contribution is -2.39. The van der Waals surface area contributed by atoms with Gasteiger partial charge in [0, 0.05) is 0 Å². The SMILES string of the molecule is O=S(=O)(NO)C1C(Cl)CCC1Cl. The van der Waals surface area contributed by atoms with Crippen molar-refractivity contribution in [3.8, 4) is 0 Å². The predicted octanol–water partition coefficient (Wildman–Crippen LogP) is 0.672. The maximum absolute atomic E-state index is 11.1. The van der Waals surface area contributed by atoms with E-state index in [1.54, 1.807) is 0 Å². The highest BCUT2D eigenvalue weighted by atomic mass is 35.5. The number of sulfonamides is 1. The first kappa shape index (κ1) is 10.5. The Morgan fingerprint density at radius 2 is 1.67 bits per heavy atom. The summed E-state index contributed by atoms with van der Waals surface area (Å²) in [6, 6.07) is 0. The van der Waals surface area contributed by atoms with Gasteiger partial charge in [0.05, 0.1) is 10.8 Å². The molecule has 0 radical (unpaired) electrons. The fourth-order valence-electron chi connectivity index (χ4n) is 1.32. The van der Waals surface area contributed by atoms with Crippen LogP contribution >= 0.6 is 23.2 Å². The fraction of sp³-hybridized carbons (Fsp3) is 1.00. The summed E-state index contributed by atoms with van der Waals surface area (Å²) < 4.78 is 22.2. The van der Waals surface area contributed by atoms with E-state index in [4.69, 9.17) is 28.4 Å². The van der Waals surface area contributed by atoms with Crippen LogP contribution < -0.4 is 4.89 Å². The molecule has 72 valence electrons. The minimum Gasteiger partial charge on any atom is -0.302 e. The summed E-state index contributed by atoms with van der Waals surface area (Å²) in [7, 11) is -3.75. The molecule has 0 aliphatic heterocycles. The Morgan fingerprint density at radius 1 is 1.25 bits per heavy atom. The highest BCUT2D eigenvalue weighted by Crippen LogP contribution is 2.33. The van der Waals surface area contributed by atoms with Crippen molar-refractivity contribution in [2.75, 3.05) is 0 Å². The molecule has 1 saturated carbocycles. The Hall–Kier alpha value is 0.450. The van der Waals surface area contributed by atoms with Crippen LogP contribution in [0, 0.1) is 0 Å². The zero-order valence-corrected chi connectivity index (χ0v) is 8.40. The molecule has 1 aliphatic carbocycles. The molecule has 0 saturated heterocycles. The van der Waals surface area contributed by atoms with Crippen molar-refractivity contribution in [2.24, 2.45) is 0 Å². The van der Waals surface area contributed by atoms with E-state index in [2.05, 4.69) is 0 Å². The Morgan fingerprint density at radius 3 is 2.00 bits per heavy atom. The Bertz CT molecular complexity index is 245. The number of alkyl halides is 2. The van der Waals surface area contributed by atoms with Gasteiger partial charge in [-0.2, -0.15) is 0 Å². The van der Waals surface area contributed by atoms with Crippen molar-refractivity contribution in [2.45, 2.75) is 28.8 Å². The molecule has 7 heteroatoms.